The first kappa shape index (κ1) is 9.02. The summed E-state index contributed by atoms with van der Waals surface area (Å²) in [6.07, 6.45) is 0.505. The molecular weight excluding hydrogens is 201 g/mol. The molecule has 4 heteroatoms. The number of aromatic nitrogens is 1. The summed E-state index contributed by atoms with van der Waals surface area (Å²) in [4.78, 5) is 10.5. The normalized spacial score (nSPS) is 10.1. The zero-order chi connectivity index (χ0) is 9.97. The van der Waals surface area contributed by atoms with Gasteiger partial charge in [-0.05, 0) is 29.7 Å². The van der Waals surface area contributed by atoms with Crippen LogP contribution in [0.15, 0.2) is 29.6 Å². The van der Waals surface area contributed by atoms with Crippen LogP contribution in [0.25, 0.3) is 11.3 Å². The highest BCUT2D eigenvalue weighted by atomic mass is 32.1. The predicted octanol–water partition coefficient (Wildman–Crippen LogP) is 2.76. The lowest BCUT2D eigenvalue weighted by molar-refractivity contribution is 0.112. The summed E-state index contributed by atoms with van der Waals surface area (Å²) >= 11 is 1.25. The Balaban J connectivity index is 2.60. The van der Waals surface area contributed by atoms with E-state index in [1.807, 2.05) is 0 Å². The molecule has 0 atom stereocenters. The molecule has 14 heavy (non-hydrogen) atoms. The van der Waals surface area contributed by atoms with Gasteiger partial charge in [0.25, 0.3) is 0 Å². The fourth-order valence-electron chi connectivity index (χ4n) is 1.19. The predicted molar refractivity (Wildman–Crippen MR) is 52.9 cm³/mol. The monoisotopic (exact) mass is 207 g/mol. The van der Waals surface area contributed by atoms with Gasteiger partial charge in [0.15, 0.2) is 6.29 Å². The third-order valence-corrected chi connectivity index (χ3v) is 2.43. The molecule has 0 N–H and O–H groups in total. The second kappa shape index (κ2) is 3.67. The zero-order valence-electron chi connectivity index (χ0n) is 7.11. The summed E-state index contributed by atoms with van der Waals surface area (Å²) < 4.78 is 17.6. The van der Waals surface area contributed by atoms with Crippen LogP contribution in [-0.4, -0.2) is 10.7 Å². The SMILES string of the molecule is O=Cc1cccc(-c2ccsn2)c1F. The molecule has 0 radical (unpaired) electrons. The van der Waals surface area contributed by atoms with Crippen molar-refractivity contribution in [3.8, 4) is 11.3 Å². The number of benzene rings is 1. The van der Waals surface area contributed by atoms with Crippen LogP contribution >= 0.6 is 11.5 Å². The van der Waals surface area contributed by atoms with Gasteiger partial charge in [-0.15, -0.1) is 0 Å². The Labute approximate surface area is 84.2 Å². The minimum Gasteiger partial charge on any atom is -0.298 e. The molecular formula is C10H6FNOS. The topological polar surface area (TPSA) is 30.0 Å². The van der Waals surface area contributed by atoms with Crippen molar-refractivity contribution < 1.29 is 9.18 Å². The molecule has 0 aliphatic heterocycles. The van der Waals surface area contributed by atoms with Crippen LogP contribution in [0.2, 0.25) is 0 Å². The number of carbonyl (C=O) groups is 1. The van der Waals surface area contributed by atoms with Gasteiger partial charge in [-0.2, -0.15) is 4.37 Å². The van der Waals surface area contributed by atoms with Crippen molar-refractivity contribution in [2.24, 2.45) is 0 Å². The van der Waals surface area contributed by atoms with Crippen molar-refractivity contribution in [1.82, 2.24) is 4.37 Å². The van der Waals surface area contributed by atoms with E-state index in [9.17, 15) is 9.18 Å². The number of hydrogen-bond donors (Lipinski definition) is 0. The van der Waals surface area contributed by atoms with Crippen LogP contribution in [0.3, 0.4) is 0 Å². The minimum atomic E-state index is -0.506. The summed E-state index contributed by atoms with van der Waals surface area (Å²) in [5.74, 6) is -0.506. The van der Waals surface area contributed by atoms with Crippen LogP contribution < -0.4 is 0 Å². The molecule has 0 spiro atoms. The second-order valence-electron chi connectivity index (χ2n) is 2.71. The highest BCUT2D eigenvalue weighted by molar-refractivity contribution is 7.03. The lowest BCUT2D eigenvalue weighted by Gasteiger charge is -2.00. The molecule has 0 fully saturated rings. The Bertz CT molecular complexity index is 453. The van der Waals surface area contributed by atoms with Crippen LogP contribution in [0.5, 0.6) is 0 Å². The van der Waals surface area contributed by atoms with Gasteiger partial charge >= 0.3 is 0 Å². The first-order valence-corrected chi connectivity index (χ1v) is 4.81. The van der Waals surface area contributed by atoms with Crippen molar-refractivity contribution in [2.45, 2.75) is 0 Å². The summed E-state index contributed by atoms with van der Waals surface area (Å²) in [6.45, 7) is 0. The molecule has 0 bridgehead atoms. The van der Waals surface area contributed by atoms with E-state index in [1.165, 1.54) is 17.6 Å². The molecule has 2 aromatic rings. The van der Waals surface area contributed by atoms with Gasteiger partial charge in [0.2, 0.25) is 0 Å². The van der Waals surface area contributed by atoms with E-state index >= 15 is 0 Å². The molecule has 0 unspecified atom stereocenters. The largest absolute Gasteiger partial charge is 0.298 e. The Hall–Kier alpha value is -1.55. The molecule has 2 nitrogen and oxygen atoms in total. The summed E-state index contributed by atoms with van der Waals surface area (Å²) in [7, 11) is 0. The van der Waals surface area contributed by atoms with Gasteiger partial charge in [-0.25, -0.2) is 4.39 Å². The van der Waals surface area contributed by atoms with Crippen molar-refractivity contribution >= 4 is 17.8 Å². The maximum Gasteiger partial charge on any atom is 0.153 e. The Morgan fingerprint density at radius 1 is 1.36 bits per heavy atom. The van der Waals surface area contributed by atoms with E-state index < -0.39 is 5.82 Å². The first-order chi connectivity index (χ1) is 6.83. The van der Waals surface area contributed by atoms with E-state index in [0.29, 0.717) is 17.5 Å². The second-order valence-corrected chi connectivity index (χ2v) is 3.38. The number of halogens is 1. The standard InChI is InChI=1S/C10H6FNOS/c11-10-7(6-13)2-1-3-8(10)9-4-5-14-12-9/h1-6H. The highest BCUT2D eigenvalue weighted by Crippen LogP contribution is 2.23. The van der Waals surface area contributed by atoms with Gasteiger partial charge in [0.05, 0.1) is 11.3 Å². The lowest BCUT2D eigenvalue weighted by Crippen LogP contribution is -1.91. The fourth-order valence-corrected chi connectivity index (χ4v) is 1.71. The molecule has 0 aliphatic carbocycles. The van der Waals surface area contributed by atoms with E-state index in [2.05, 4.69) is 4.37 Å². The van der Waals surface area contributed by atoms with Gasteiger partial charge in [-0.1, -0.05) is 6.07 Å². The molecule has 1 heterocycles. The Kier molecular flexibility index (Phi) is 2.37. The Morgan fingerprint density at radius 2 is 2.21 bits per heavy atom. The third kappa shape index (κ3) is 1.44. The van der Waals surface area contributed by atoms with Crippen LogP contribution in [0, 0.1) is 5.82 Å². The average Bonchev–Trinajstić information content (AvgIpc) is 2.71. The molecule has 0 saturated heterocycles. The van der Waals surface area contributed by atoms with E-state index in [4.69, 9.17) is 0 Å². The first-order valence-electron chi connectivity index (χ1n) is 3.97. The molecule has 0 amide bonds. The molecule has 70 valence electrons. The average molecular weight is 207 g/mol. The molecule has 0 aliphatic rings. The number of hydrogen-bond acceptors (Lipinski definition) is 3. The molecule has 2 rings (SSSR count). The number of carbonyl (C=O) groups excluding carboxylic acids is 1. The number of aldehydes is 1. The van der Waals surface area contributed by atoms with Crippen molar-refractivity contribution in [1.29, 1.82) is 0 Å². The smallest absolute Gasteiger partial charge is 0.153 e. The minimum absolute atomic E-state index is 0.0653. The van der Waals surface area contributed by atoms with Crippen LogP contribution in [0.1, 0.15) is 10.4 Å². The summed E-state index contributed by atoms with van der Waals surface area (Å²) in [5.41, 5.74) is 1.00. The van der Waals surface area contributed by atoms with Gasteiger partial charge in [0, 0.05) is 10.9 Å². The van der Waals surface area contributed by atoms with Crippen LogP contribution in [0.4, 0.5) is 4.39 Å². The van der Waals surface area contributed by atoms with E-state index in [0.717, 1.165) is 0 Å². The quantitative estimate of drug-likeness (QED) is 0.709. The summed E-state index contributed by atoms with van der Waals surface area (Å²) in [5, 5.41) is 1.77. The number of nitrogens with zero attached hydrogens (tertiary/aromatic N) is 1. The van der Waals surface area contributed by atoms with Crippen LogP contribution in [-0.2, 0) is 0 Å². The van der Waals surface area contributed by atoms with Crippen molar-refractivity contribution in [3.63, 3.8) is 0 Å². The van der Waals surface area contributed by atoms with Gasteiger partial charge in [-0.3, -0.25) is 4.79 Å². The highest BCUT2D eigenvalue weighted by Gasteiger charge is 2.10. The Morgan fingerprint density at radius 3 is 2.86 bits per heavy atom. The zero-order valence-corrected chi connectivity index (χ0v) is 7.92. The molecule has 0 saturated carbocycles. The summed E-state index contributed by atoms with van der Waals surface area (Å²) in [6, 6.07) is 6.41. The van der Waals surface area contributed by atoms with E-state index in [1.54, 1.807) is 23.6 Å². The number of rotatable bonds is 2. The van der Waals surface area contributed by atoms with Gasteiger partial charge < -0.3 is 0 Å². The molecule has 1 aromatic heterocycles. The van der Waals surface area contributed by atoms with Gasteiger partial charge in [0.1, 0.15) is 5.82 Å². The third-order valence-electron chi connectivity index (χ3n) is 1.87. The van der Waals surface area contributed by atoms with Crippen molar-refractivity contribution in [3.05, 3.63) is 41.0 Å². The van der Waals surface area contributed by atoms with Crippen molar-refractivity contribution in [2.75, 3.05) is 0 Å². The lowest BCUT2D eigenvalue weighted by atomic mass is 10.1. The maximum atomic E-state index is 13.6. The molecule has 1 aromatic carbocycles. The van der Waals surface area contributed by atoms with E-state index in [-0.39, 0.29) is 5.56 Å². The maximum absolute atomic E-state index is 13.6. The fraction of sp³-hybridized carbons (Fsp3) is 0.